The molecule has 0 spiro atoms. The standard InChI is InChI=1S/C45H72O8/c1-13-28(5)39(51)53-38-37(52-34(48)23-27(4)16-14-15-26(2)3)40(6,7)24-30-29-17-18-32-42(10)21-20-33(47)41(8,9)31(42)19-22-43(32,11)44(29,12)35(49)36(50)45(30,38)25-46/h15,17,23,28,30-33,35-38,46-47,49-50H,13-14,16,18-22,24-25H2,1-12H3/b27-23+/t28?,30-,31-,32+,33-,35-,36+,37-,38-,42-,43+,44-,45-/m0/s1. The van der Waals surface area contributed by atoms with Crippen LogP contribution in [-0.4, -0.2) is 69.5 Å². The first-order valence-electron chi connectivity index (χ1n) is 20.6. The Balaban J connectivity index is 1.61. The van der Waals surface area contributed by atoms with Gasteiger partial charge in [0.05, 0.1) is 36.3 Å². The van der Waals surface area contributed by atoms with Crippen LogP contribution in [0.25, 0.3) is 0 Å². The first-order valence-corrected chi connectivity index (χ1v) is 20.6. The van der Waals surface area contributed by atoms with Gasteiger partial charge in [0, 0.05) is 16.9 Å². The number of ether oxygens (including phenoxy) is 2. The minimum Gasteiger partial charge on any atom is -0.457 e. The molecule has 0 aromatic carbocycles. The highest BCUT2D eigenvalue weighted by atomic mass is 16.6. The normalized spacial score (nSPS) is 43.5. The van der Waals surface area contributed by atoms with E-state index in [1.807, 2.05) is 41.5 Å². The number of hydrogen-bond donors (Lipinski definition) is 4. The van der Waals surface area contributed by atoms with Crippen LogP contribution in [0.3, 0.4) is 0 Å². The lowest BCUT2D eigenvalue weighted by atomic mass is 9.32. The number of carbonyl (C=O) groups excluding carboxylic acids is 2. The molecule has 0 heterocycles. The van der Waals surface area contributed by atoms with Crippen molar-refractivity contribution in [3.63, 3.8) is 0 Å². The van der Waals surface area contributed by atoms with Crippen LogP contribution in [0.15, 0.2) is 34.9 Å². The summed E-state index contributed by atoms with van der Waals surface area (Å²) >= 11 is 0. The molecule has 0 bridgehead atoms. The smallest absolute Gasteiger partial charge is 0.331 e. The number of allylic oxidation sites excluding steroid dienone is 4. The zero-order valence-electron chi connectivity index (χ0n) is 34.9. The predicted octanol–water partition coefficient (Wildman–Crippen LogP) is 7.87. The van der Waals surface area contributed by atoms with Crippen molar-refractivity contribution >= 4 is 11.9 Å². The van der Waals surface area contributed by atoms with Crippen molar-refractivity contribution < 1.29 is 39.5 Å². The van der Waals surface area contributed by atoms with E-state index in [0.717, 1.165) is 49.7 Å². The van der Waals surface area contributed by atoms with Gasteiger partial charge in [-0.3, -0.25) is 4.79 Å². The monoisotopic (exact) mass is 741 g/mol. The zero-order chi connectivity index (χ0) is 39.7. The van der Waals surface area contributed by atoms with Crippen LogP contribution < -0.4 is 0 Å². The van der Waals surface area contributed by atoms with Gasteiger partial charge < -0.3 is 29.9 Å². The van der Waals surface area contributed by atoms with Crippen molar-refractivity contribution in [1.82, 2.24) is 0 Å². The molecule has 5 rings (SSSR count). The molecular formula is C45H72O8. The third-order valence-electron chi connectivity index (χ3n) is 16.4. The van der Waals surface area contributed by atoms with Gasteiger partial charge in [-0.25, -0.2) is 4.79 Å². The third kappa shape index (κ3) is 6.42. The lowest BCUT2D eigenvalue weighted by Gasteiger charge is -2.73. The highest BCUT2D eigenvalue weighted by molar-refractivity contribution is 5.83. The molecule has 8 heteroatoms. The molecule has 300 valence electrons. The largest absolute Gasteiger partial charge is 0.457 e. The van der Waals surface area contributed by atoms with Crippen LogP contribution in [-0.2, 0) is 19.1 Å². The number of carbonyl (C=O) groups is 2. The molecule has 8 nitrogen and oxygen atoms in total. The Bertz CT molecular complexity index is 1500. The second kappa shape index (κ2) is 14.5. The number of hydrogen-bond acceptors (Lipinski definition) is 8. The van der Waals surface area contributed by atoms with Gasteiger partial charge in [0.15, 0.2) is 6.10 Å². The molecule has 4 fully saturated rings. The number of fused-ring (bicyclic) bond motifs is 7. The minimum atomic E-state index is -1.52. The van der Waals surface area contributed by atoms with Gasteiger partial charge in [0.1, 0.15) is 6.10 Å². The molecule has 4 saturated carbocycles. The van der Waals surface area contributed by atoms with Crippen LogP contribution in [0, 0.1) is 56.2 Å². The Kier molecular flexibility index (Phi) is 11.5. The van der Waals surface area contributed by atoms with E-state index < -0.39 is 76.5 Å². The fourth-order valence-corrected chi connectivity index (χ4v) is 12.7. The highest BCUT2D eigenvalue weighted by Gasteiger charge is 2.76. The molecule has 53 heavy (non-hydrogen) atoms. The maximum absolute atomic E-state index is 13.7. The van der Waals surface area contributed by atoms with E-state index in [1.54, 1.807) is 6.92 Å². The fraction of sp³-hybridized carbons (Fsp3) is 0.822. The highest BCUT2D eigenvalue weighted by Crippen LogP contribution is 2.76. The maximum Gasteiger partial charge on any atom is 0.331 e. The Morgan fingerprint density at radius 3 is 2.19 bits per heavy atom. The zero-order valence-corrected chi connectivity index (χ0v) is 34.9. The Morgan fingerprint density at radius 1 is 0.925 bits per heavy atom. The number of aliphatic hydroxyl groups is 4. The number of rotatable bonds is 9. The van der Waals surface area contributed by atoms with Gasteiger partial charge in [-0.05, 0) is 113 Å². The SMILES string of the molecule is CCC(C)C(=O)O[C@H]1[C@H](OC(=O)/C=C(\C)CCC=C(C)C)C(C)(C)C[C@H]2C3=CC[C@@H]4[C@@]5(C)CC[C@H](O)C(C)(C)[C@@H]5CC[C@@]4(C)[C@]3(C)[C@@H](O)[C@@H](O)[C@]21CO. The lowest BCUT2D eigenvalue weighted by Crippen LogP contribution is -2.76. The summed E-state index contributed by atoms with van der Waals surface area (Å²) in [4.78, 5) is 27.4. The summed E-state index contributed by atoms with van der Waals surface area (Å²) in [6, 6.07) is 0. The van der Waals surface area contributed by atoms with Gasteiger partial charge >= 0.3 is 11.9 Å². The Labute approximate surface area is 319 Å². The molecule has 0 radical (unpaired) electrons. The van der Waals surface area contributed by atoms with E-state index in [0.29, 0.717) is 25.2 Å². The Hall–Kier alpha value is -2.00. The molecule has 13 atom stereocenters. The van der Waals surface area contributed by atoms with E-state index in [9.17, 15) is 30.0 Å². The molecule has 5 aliphatic carbocycles. The molecular weight excluding hydrogens is 668 g/mol. The van der Waals surface area contributed by atoms with E-state index >= 15 is 0 Å². The molecule has 0 amide bonds. The van der Waals surface area contributed by atoms with Crippen LogP contribution in [0.2, 0.25) is 0 Å². The van der Waals surface area contributed by atoms with Crippen molar-refractivity contribution in [3.8, 4) is 0 Å². The van der Waals surface area contributed by atoms with Crippen molar-refractivity contribution in [1.29, 1.82) is 0 Å². The van der Waals surface area contributed by atoms with Crippen molar-refractivity contribution in [3.05, 3.63) is 34.9 Å². The van der Waals surface area contributed by atoms with E-state index in [2.05, 4.69) is 46.8 Å². The molecule has 5 aliphatic rings. The van der Waals surface area contributed by atoms with E-state index in [1.165, 1.54) is 11.6 Å². The van der Waals surface area contributed by atoms with Crippen LogP contribution in [0.5, 0.6) is 0 Å². The van der Waals surface area contributed by atoms with Gasteiger partial charge in [-0.1, -0.05) is 91.2 Å². The molecule has 0 saturated heterocycles. The van der Waals surface area contributed by atoms with Crippen LogP contribution in [0.1, 0.15) is 141 Å². The number of aliphatic hydroxyl groups excluding tert-OH is 4. The first-order chi connectivity index (χ1) is 24.5. The van der Waals surface area contributed by atoms with Gasteiger partial charge in [-0.2, -0.15) is 0 Å². The van der Waals surface area contributed by atoms with E-state index in [4.69, 9.17) is 9.47 Å². The summed E-state index contributed by atoms with van der Waals surface area (Å²) in [7, 11) is 0. The molecule has 4 N–H and O–H groups in total. The molecule has 0 aromatic heterocycles. The van der Waals surface area contributed by atoms with Gasteiger partial charge in [0.25, 0.3) is 0 Å². The molecule has 1 unspecified atom stereocenters. The van der Waals surface area contributed by atoms with Gasteiger partial charge in [0.2, 0.25) is 0 Å². The lowest BCUT2D eigenvalue weighted by molar-refractivity contribution is -0.293. The Morgan fingerprint density at radius 2 is 1.58 bits per heavy atom. The maximum atomic E-state index is 13.7. The van der Waals surface area contributed by atoms with E-state index in [-0.39, 0.29) is 22.9 Å². The number of esters is 2. The molecule has 0 aromatic rings. The van der Waals surface area contributed by atoms with Crippen molar-refractivity contribution in [2.24, 2.45) is 56.2 Å². The molecule has 0 aliphatic heterocycles. The summed E-state index contributed by atoms with van der Waals surface area (Å²) in [6.07, 6.45) is 7.25. The van der Waals surface area contributed by atoms with Crippen LogP contribution in [0.4, 0.5) is 0 Å². The second-order valence-electron chi connectivity index (χ2n) is 20.3. The topological polar surface area (TPSA) is 134 Å². The summed E-state index contributed by atoms with van der Waals surface area (Å²) in [5.41, 5.74) is -0.707. The minimum absolute atomic E-state index is 0.0756. The summed E-state index contributed by atoms with van der Waals surface area (Å²) < 4.78 is 12.7. The van der Waals surface area contributed by atoms with Gasteiger partial charge in [-0.15, -0.1) is 0 Å². The third-order valence-corrected chi connectivity index (χ3v) is 16.4. The predicted molar refractivity (Wildman–Crippen MR) is 207 cm³/mol. The second-order valence-corrected chi connectivity index (χ2v) is 20.3. The summed E-state index contributed by atoms with van der Waals surface area (Å²) in [5.74, 6) is -1.43. The first kappa shape index (κ1) is 42.1. The van der Waals surface area contributed by atoms with Crippen molar-refractivity contribution in [2.75, 3.05) is 6.61 Å². The van der Waals surface area contributed by atoms with Crippen molar-refractivity contribution in [2.45, 2.75) is 171 Å². The summed E-state index contributed by atoms with van der Waals surface area (Å²) in [5, 5.41) is 48.2. The average Bonchev–Trinajstić information content (AvgIpc) is 3.07. The average molecular weight is 741 g/mol. The summed E-state index contributed by atoms with van der Waals surface area (Å²) in [6.45, 7) is 24.4. The quantitative estimate of drug-likeness (QED) is 0.107. The fourth-order valence-electron chi connectivity index (χ4n) is 12.7. The van der Waals surface area contributed by atoms with Crippen LogP contribution >= 0.6 is 0 Å².